The highest BCUT2D eigenvalue weighted by Crippen LogP contribution is 2.36. The van der Waals surface area contributed by atoms with E-state index in [0.29, 0.717) is 23.0 Å². The normalized spacial score (nSPS) is 11.8. The highest BCUT2D eigenvalue weighted by Gasteiger charge is 2.22. The van der Waals surface area contributed by atoms with Gasteiger partial charge < -0.3 is 30.6 Å². The van der Waals surface area contributed by atoms with Crippen LogP contribution in [0.5, 0.6) is 34.5 Å². The molecule has 6 heteroatoms. The Morgan fingerprint density at radius 2 is 0.625 bits per heavy atom. The maximum atomic E-state index is 9.67. The third kappa shape index (κ3) is 16.2. The van der Waals surface area contributed by atoms with Crippen LogP contribution in [0, 0.1) is 20.8 Å². The molecule has 7 aromatic rings. The summed E-state index contributed by atoms with van der Waals surface area (Å²) < 4.78 is 0. The fraction of sp³-hybridized carbons (Fsp3) is 0.424. The molecule has 0 saturated carbocycles. The first-order valence-corrected chi connectivity index (χ1v) is 26.0. The van der Waals surface area contributed by atoms with Crippen LogP contribution in [0.25, 0.3) is 21.5 Å². The van der Waals surface area contributed by atoms with Crippen molar-refractivity contribution in [3.63, 3.8) is 0 Å². The molecule has 0 heterocycles. The van der Waals surface area contributed by atoms with Crippen molar-refractivity contribution < 1.29 is 30.6 Å². The zero-order valence-corrected chi connectivity index (χ0v) is 47.3. The number of hydrogen-bond donors (Lipinski definition) is 6. The molecule has 0 aromatic heterocycles. The number of phenols is 6. The predicted molar refractivity (Wildman–Crippen MR) is 308 cm³/mol. The Labute approximate surface area is 434 Å². The Hall–Kier alpha value is -6.14. The van der Waals surface area contributed by atoms with Crippen molar-refractivity contribution in [2.45, 2.75) is 184 Å². The van der Waals surface area contributed by atoms with Gasteiger partial charge >= 0.3 is 0 Å². The summed E-state index contributed by atoms with van der Waals surface area (Å²) in [6.45, 7) is 39.0. The molecule has 0 atom stereocenters. The smallest absolute Gasteiger partial charge is 0.158 e. The number of phenolic OH excluding ortho intramolecular Hbond substituents is 6. The first kappa shape index (κ1) is 60.2. The van der Waals surface area contributed by atoms with Crippen molar-refractivity contribution in [2.75, 3.05) is 0 Å². The molecule has 7 aromatic carbocycles. The predicted octanol–water partition coefficient (Wildman–Crippen LogP) is 18.3. The van der Waals surface area contributed by atoms with E-state index in [1.165, 1.54) is 33.2 Å². The minimum Gasteiger partial charge on any atom is -0.508 e. The highest BCUT2D eigenvalue weighted by molar-refractivity contribution is 5.87. The number of fused-ring (bicyclic) bond motifs is 2. The van der Waals surface area contributed by atoms with Gasteiger partial charge in [0.2, 0.25) is 0 Å². The van der Waals surface area contributed by atoms with Crippen molar-refractivity contribution in [3.05, 3.63) is 166 Å². The average molecular weight is 979 g/mol. The summed E-state index contributed by atoms with van der Waals surface area (Å²) in [6, 6.07) is 38.9. The summed E-state index contributed by atoms with van der Waals surface area (Å²) >= 11 is 0. The van der Waals surface area contributed by atoms with Gasteiger partial charge in [0.25, 0.3) is 0 Å². The monoisotopic (exact) mass is 979 g/mol. The zero-order valence-electron chi connectivity index (χ0n) is 47.3. The van der Waals surface area contributed by atoms with Crippen LogP contribution >= 0.6 is 0 Å². The fourth-order valence-corrected chi connectivity index (χ4v) is 7.72. The van der Waals surface area contributed by atoms with Crippen molar-refractivity contribution in [3.8, 4) is 34.5 Å². The number of aryl methyl sites for hydroxylation is 3. The standard InChI is InChI=1S/C15H18O2.C15H18O.C13H20O.C12H18O.C11H16O/c1-4-15(2,3)12-6-5-10-8-13(16)14(17)9-11(10)7-12;1-4-15(2,3)13-7-5-12-10-14(16)8-6-11(12)9-13;1-6-13(4,5)11-7-9(2)12(14)10(3)8-11;1-5-12(3,4)10-6-7-11(13)9(2)8-10;1-4-11(2,3)9-6-5-7-10(12)8-9/h5-9,16-17H,4H2,1-3H3;5-10,16H,4H2,1-3H3;7-8,14H,6H2,1-5H3;6-8,13H,5H2,1-4H3;5-8,12H,4H2,1-3H3. The summed E-state index contributed by atoms with van der Waals surface area (Å²) in [4.78, 5) is 0. The van der Waals surface area contributed by atoms with Gasteiger partial charge in [0.1, 0.15) is 23.0 Å². The molecule has 6 nitrogen and oxygen atoms in total. The second-order valence-corrected chi connectivity index (χ2v) is 22.8. The van der Waals surface area contributed by atoms with E-state index in [2.05, 4.69) is 158 Å². The van der Waals surface area contributed by atoms with Gasteiger partial charge in [-0.25, -0.2) is 0 Å². The maximum Gasteiger partial charge on any atom is 0.158 e. The van der Waals surface area contributed by atoms with Crippen LogP contribution in [0.15, 0.2) is 121 Å². The van der Waals surface area contributed by atoms with Gasteiger partial charge in [-0.1, -0.05) is 183 Å². The number of rotatable bonds is 10. The van der Waals surface area contributed by atoms with Crippen molar-refractivity contribution in [1.82, 2.24) is 0 Å². The Balaban J connectivity index is 0.000000239. The molecule has 0 bridgehead atoms. The van der Waals surface area contributed by atoms with Crippen molar-refractivity contribution in [2.24, 2.45) is 0 Å². The van der Waals surface area contributed by atoms with Gasteiger partial charge in [-0.05, 0) is 188 Å². The quantitative estimate of drug-likeness (QED) is 0.0760. The van der Waals surface area contributed by atoms with Crippen LogP contribution in [-0.4, -0.2) is 30.6 Å². The third-order valence-electron chi connectivity index (χ3n) is 15.6. The lowest BCUT2D eigenvalue weighted by molar-refractivity contribution is 0.405. The second kappa shape index (κ2) is 25.0. The average Bonchev–Trinajstić information content (AvgIpc) is 3.34. The van der Waals surface area contributed by atoms with Crippen LogP contribution < -0.4 is 0 Å². The van der Waals surface area contributed by atoms with Crippen LogP contribution in [0.4, 0.5) is 0 Å². The van der Waals surface area contributed by atoms with E-state index in [1.807, 2.05) is 51.1 Å². The van der Waals surface area contributed by atoms with E-state index in [-0.39, 0.29) is 38.6 Å². The molecule has 0 amide bonds. The van der Waals surface area contributed by atoms with Crippen LogP contribution in [-0.2, 0) is 27.1 Å². The van der Waals surface area contributed by atoms with Gasteiger partial charge in [-0.3, -0.25) is 0 Å². The molecule has 0 unspecified atom stereocenters. The molecular weight excluding hydrogens is 889 g/mol. The zero-order chi connectivity index (χ0) is 54.6. The van der Waals surface area contributed by atoms with E-state index >= 15 is 0 Å². The largest absolute Gasteiger partial charge is 0.508 e. The molecule has 0 aliphatic rings. The Kier molecular flexibility index (Phi) is 20.9. The Morgan fingerprint density at radius 1 is 0.292 bits per heavy atom. The van der Waals surface area contributed by atoms with Gasteiger partial charge in [0.05, 0.1) is 0 Å². The van der Waals surface area contributed by atoms with E-state index in [0.717, 1.165) is 65.0 Å². The third-order valence-corrected chi connectivity index (χ3v) is 15.6. The topological polar surface area (TPSA) is 121 Å². The number of aromatic hydroxyl groups is 6. The molecule has 390 valence electrons. The summed E-state index contributed by atoms with van der Waals surface area (Å²) in [5.41, 5.74) is 10.2. The summed E-state index contributed by atoms with van der Waals surface area (Å²) in [5.74, 6) is 1.37. The SMILES string of the molecule is CCC(C)(C)c1cc(C)c(O)c(C)c1.CCC(C)(C)c1ccc(O)c(C)c1.CCC(C)(C)c1ccc2cc(O)c(O)cc2c1.CCC(C)(C)c1ccc2cc(O)ccc2c1.CCC(C)(C)c1cccc(O)c1. The lowest BCUT2D eigenvalue weighted by Gasteiger charge is -2.24. The number of hydrogen-bond acceptors (Lipinski definition) is 6. The molecule has 6 N–H and O–H groups in total. The summed E-state index contributed by atoms with van der Waals surface area (Å²) in [5, 5.41) is 60.9. The first-order valence-electron chi connectivity index (χ1n) is 26.0. The highest BCUT2D eigenvalue weighted by atomic mass is 16.3. The van der Waals surface area contributed by atoms with E-state index < -0.39 is 0 Å². The minimum absolute atomic E-state index is 0.0658. The van der Waals surface area contributed by atoms with E-state index in [4.69, 9.17) is 0 Å². The second-order valence-electron chi connectivity index (χ2n) is 22.8. The fourth-order valence-electron chi connectivity index (χ4n) is 7.72. The molecule has 0 aliphatic carbocycles. The molecular formula is C66H90O6. The molecule has 7 rings (SSSR count). The first-order chi connectivity index (χ1) is 33.4. The maximum absolute atomic E-state index is 9.67. The molecule has 0 spiro atoms. The van der Waals surface area contributed by atoms with Gasteiger partial charge in [0.15, 0.2) is 11.5 Å². The summed E-state index contributed by atoms with van der Waals surface area (Å²) in [6.07, 6.45) is 5.48. The van der Waals surface area contributed by atoms with Gasteiger partial charge in [-0.15, -0.1) is 0 Å². The van der Waals surface area contributed by atoms with Crippen molar-refractivity contribution in [1.29, 1.82) is 0 Å². The molecule has 72 heavy (non-hydrogen) atoms. The van der Waals surface area contributed by atoms with Crippen LogP contribution in [0.2, 0.25) is 0 Å². The van der Waals surface area contributed by atoms with Gasteiger partial charge in [-0.2, -0.15) is 0 Å². The molecule has 0 saturated heterocycles. The van der Waals surface area contributed by atoms with E-state index in [1.54, 1.807) is 36.4 Å². The van der Waals surface area contributed by atoms with Crippen LogP contribution in [0.1, 0.15) is 180 Å². The lowest BCUT2D eigenvalue weighted by Crippen LogP contribution is -2.15. The molecule has 0 fully saturated rings. The lowest BCUT2D eigenvalue weighted by atomic mass is 9.81. The molecule has 0 radical (unpaired) electrons. The van der Waals surface area contributed by atoms with Crippen molar-refractivity contribution >= 4 is 21.5 Å². The Morgan fingerprint density at radius 3 is 1.07 bits per heavy atom. The van der Waals surface area contributed by atoms with Gasteiger partial charge in [0, 0.05) is 0 Å². The molecule has 0 aliphatic heterocycles. The summed E-state index contributed by atoms with van der Waals surface area (Å²) in [7, 11) is 0. The van der Waals surface area contributed by atoms with Crippen LogP contribution in [0.3, 0.4) is 0 Å². The Bertz CT molecular complexity index is 2840. The number of benzene rings is 7. The van der Waals surface area contributed by atoms with E-state index in [9.17, 15) is 30.6 Å². The minimum atomic E-state index is -0.0694.